The standard InChI is InChI=1S/C28H47NO6/c1-7-24(31)21(4)27-25(35-27)18-28(6,32)16-11-12-19(2)26-20(3)14-15-23(34-22(5)30)13-9-8-10-17-33-29-26/h11-12,14-16,20-21,23-27,29,31-32H,7-10,13,17-18H2,1-6H3/b15-14-,16-11+,19-12+/t20-,21+,23?,24-,25+,26+,27+,28-/m0/s1. The maximum Gasteiger partial charge on any atom is 0.303 e. The summed E-state index contributed by atoms with van der Waals surface area (Å²) in [4.78, 5) is 17.2. The molecule has 200 valence electrons. The van der Waals surface area contributed by atoms with Crippen LogP contribution in [-0.4, -0.2) is 58.8 Å². The highest BCUT2D eigenvalue weighted by molar-refractivity contribution is 5.66. The average molecular weight is 494 g/mol. The first kappa shape index (κ1) is 29.7. The van der Waals surface area contributed by atoms with Gasteiger partial charge in [0.15, 0.2) is 0 Å². The van der Waals surface area contributed by atoms with Crippen LogP contribution < -0.4 is 5.48 Å². The van der Waals surface area contributed by atoms with E-state index in [1.807, 2.05) is 39.0 Å². The van der Waals surface area contributed by atoms with Gasteiger partial charge in [0.05, 0.1) is 36.6 Å². The highest BCUT2D eigenvalue weighted by Crippen LogP contribution is 2.37. The van der Waals surface area contributed by atoms with Crippen molar-refractivity contribution in [3.63, 3.8) is 0 Å². The molecule has 0 aromatic rings. The van der Waals surface area contributed by atoms with Crippen molar-refractivity contribution in [1.82, 2.24) is 5.48 Å². The molecule has 2 aliphatic rings. The quantitative estimate of drug-likeness (QED) is 0.189. The lowest BCUT2D eigenvalue weighted by Crippen LogP contribution is -2.36. The Hall–Kier alpha value is -1.51. The predicted molar refractivity (Wildman–Crippen MR) is 137 cm³/mol. The molecule has 35 heavy (non-hydrogen) atoms. The number of ether oxygens (including phenoxy) is 2. The average Bonchev–Trinajstić information content (AvgIpc) is 3.54. The normalized spacial score (nSPS) is 33.1. The summed E-state index contributed by atoms with van der Waals surface area (Å²) < 4.78 is 11.2. The van der Waals surface area contributed by atoms with Gasteiger partial charge in [0, 0.05) is 19.3 Å². The lowest BCUT2D eigenvalue weighted by Gasteiger charge is -2.25. The number of rotatable bonds is 9. The van der Waals surface area contributed by atoms with E-state index in [1.54, 1.807) is 13.0 Å². The molecular formula is C28H47NO6. The molecule has 0 aromatic heterocycles. The second kappa shape index (κ2) is 14.3. The monoisotopic (exact) mass is 493 g/mol. The van der Waals surface area contributed by atoms with Gasteiger partial charge in [0.1, 0.15) is 6.10 Å². The molecule has 2 rings (SSSR count). The Morgan fingerprint density at radius 2 is 2.03 bits per heavy atom. The summed E-state index contributed by atoms with van der Waals surface area (Å²) in [6.45, 7) is 11.9. The Morgan fingerprint density at radius 1 is 1.29 bits per heavy atom. The second-order valence-electron chi connectivity index (χ2n) is 10.5. The first-order valence-electron chi connectivity index (χ1n) is 13.2. The highest BCUT2D eigenvalue weighted by atomic mass is 16.6. The zero-order valence-electron chi connectivity index (χ0n) is 22.4. The molecule has 0 saturated carbocycles. The third-order valence-corrected chi connectivity index (χ3v) is 7.00. The number of hydroxylamine groups is 1. The number of esters is 1. The van der Waals surface area contributed by atoms with E-state index in [2.05, 4.69) is 18.5 Å². The van der Waals surface area contributed by atoms with Gasteiger partial charge in [-0.3, -0.25) is 4.79 Å². The summed E-state index contributed by atoms with van der Waals surface area (Å²) in [5.41, 5.74) is 3.26. The summed E-state index contributed by atoms with van der Waals surface area (Å²) in [6.07, 6.45) is 14.1. The summed E-state index contributed by atoms with van der Waals surface area (Å²) in [5, 5.41) is 20.9. The molecule has 2 aliphatic heterocycles. The molecule has 0 bridgehead atoms. The zero-order chi connectivity index (χ0) is 26.0. The Morgan fingerprint density at radius 3 is 2.71 bits per heavy atom. The Bertz CT molecular complexity index is 746. The van der Waals surface area contributed by atoms with Crippen molar-refractivity contribution in [2.45, 2.75) is 116 Å². The second-order valence-corrected chi connectivity index (χ2v) is 10.5. The number of aliphatic hydroxyl groups excluding tert-OH is 1. The molecule has 1 saturated heterocycles. The predicted octanol–water partition coefficient (Wildman–Crippen LogP) is 4.39. The Kier molecular flexibility index (Phi) is 12.1. The largest absolute Gasteiger partial charge is 0.458 e. The van der Waals surface area contributed by atoms with Crippen molar-refractivity contribution in [3.8, 4) is 0 Å². The van der Waals surface area contributed by atoms with Gasteiger partial charge in [-0.05, 0) is 51.5 Å². The molecule has 0 spiro atoms. The van der Waals surface area contributed by atoms with Crippen molar-refractivity contribution in [1.29, 1.82) is 0 Å². The van der Waals surface area contributed by atoms with Gasteiger partial charge in [-0.1, -0.05) is 57.1 Å². The van der Waals surface area contributed by atoms with Gasteiger partial charge in [-0.15, -0.1) is 0 Å². The maximum atomic E-state index is 11.5. The van der Waals surface area contributed by atoms with Crippen LogP contribution in [0.4, 0.5) is 0 Å². The van der Waals surface area contributed by atoms with E-state index in [9.17, 15) is 15.0 Å². The molecule has 0 amide bonds. The molecule has 0 aliphatic carbocycles. The van der Waals surface area contributed by atoms with Crippen molar-refractivity contribution < 1.29 is 29.3 Å². The van der Waals surface area contributed by atoms with Gasteiger partial charge < -0.3 is 24.5 Å². The van der Waals surface area contributed by atoms with E-state index in [1.165, 1.54) is 6.92 Å². The zero-order valence-corrected chi connectivity index (χ0v) is 22.4. The summed E-state index contributed by atoms with van der Waals surface area (Å²) in [6, 6.07) is -0.0641. The molecule has 1 fully saturated rings. The SMILES string of the molecule is CC[C@H](O)[C@@H](C)[C@H]1O[C@@H]1C[C@@](C)(O)/C=C/C=C(\C)[C@H]1NOCCCCCC(OC(C)=O)/C=C\[C@@H]1C. The highest BCUT2D eigenvalue weighted by Gasteiger charge is 2.47. The van der Waals surface area contributed by atoms with Crippen LogP contribution in [-0.2, 0) is 19.1 Å². The smallest absolute Gasteiger partial charge is 0.303 e. The number of allylic oxidation sites excluding steroid dienone is 2. The molecule has 0 radical (unpaired) electrons. The van der Waals surface area contributed by atoms with Crippen LogP contribution in [0, 0.1) is 11.8 Å². The van der Waals surface area contributed by atoms with Crippen LogP contribution in [0.3, 0.4) is 0 Å². The minimum Gasteiger partial charge on any atom is -0.458 e. The number of carbonyl (C=O) groups excluding carboxylic acids is 1. The minimum absolute atomic E-state index is 0.00289. The summed E-state index contributed by atoms with van der Waals surface area (Å²) in [7, 11) is 0. The topological polar surface area (TPSA) is 101 Å². The number of carbonyl (C=O) groups is 1. The first-order chi connectivity index (χ1) is 16.5. The first-order valence-corrected chi connectivity index (χ1v) is 13.2. The van der Waals surface area contributed by atoms with Crippen LogP contribution in [0.15, 0.2) is 36.0 Å². The third-order valence-electron chi connectivity index (χ3n) is 7.00. The third kappa shape index (κ3) is 10.6. The molecule has 8 atom stereocenters. The Labute approximate surface area is 211 Å². The molecule has 3 N–H and O–H groups in total. The number of nitrogens with one attached hydrogen (secondary N) is 1. The van der Waals surface area contributed by atoms with Crippen molar-refractivity contribution in [2.24, 2.45) is 11.8 Å². The van der Waals surface area contributed by atoms with Gasteiger partial charge in [-0.25, -0.2) is 0 Å². The van der Waals surface area contributed by atoms with Gasteiger partial charge in [-0.2, -0.15) is 5.48 Å². The maximum absolute atomic E-state index is 11.5. The lowest BCUT2D eigenvalue weighted by atomic mass is 9.91. The van der Waals surface area contributed by atoms with Crippen LogP contribution in [0.1, 0.15) is 80.1 Å². The molecular weight excluding hydrogens is 446 g/mol. The number of hydrogen-bond donors (Lipinski definition) is 3. The van der Waals surface area contributed by atoms with E-state index in [-0.39, 0.29) is 48.3 Å². The number of epoxide rings is 1. The lowest BCUT2D eigenvalue weighted by molar-refractivity contribution is -0.144. The van der Waals surface area contributed by atoms with Gasteiger partial charge in [0.25, 0.3) is 0 Å². The van der Waals surface area contributed by atoms with Crippen LogP contribution in [0.25, 0.3) is 0 Å². The van der Waals surface area contributed by atoms with Crippen LogP contribution in [0.5, 0.6) is 0 Å². The van der Waals surface area contributed by atoms with E-state index >= 15 is 0 Å². The van der Waals surface area contributed by atoms with Gasteiger partial charge in [0.2, 0.25) is 0 Å². The van der Waals surface area contributed by atoms with Gasteiger partial charge >= 0.3 is 5.97 Å². The van der Waals surface area contributed by atoms with Crippen LogP contribution >= 0.6 is 0 Å². The molecule has 0 aromatic carbocycles. The fourth-order valence-corrected chi connectivity index (χ4v) is 4.64. The summed E-state index contributed by atoms with van der Waals surface area (Å²) >= 11 is 0. The van der Waals surface area contributed by atoms with E-state index < -0.39 is 5.60 Å². The fraction of sp³-hybridized carbons (Fsp3) is 0.750. The summed E-state index contributed by atoms with van der Waals surface area (Å²) in [5.74, 6) is -0.0941. The molecule has 7 heteroatoms. The number of hydrogen-bond acceptors (Lipinski definition) is 7. The van der Waals surface area contributed by atoms with Crippen LogP contribution in [0.2, 0.25) is 0 Å². The van der Waals surface area contributed by atoms with E-state index in [0.717, 1.165) is 31.3 Å². The molecule has 1 unspecified atom stereocenters. The van der Waals surface area contributed by atoms with E-state index in [4.69, 9.17) is 14.3 Å². The van der Waals surface area contributed by atoms with E-state index in [0.29, 0.717) is 19.4 Å². The fourth-order valence-electron chi connectivity index (χ4n) is 4.64. The number of aliphatic hydroxyl groups is 2. The molecule has 2 heterocycles. The van der Waals surface area contributed by atoms with Crippen molar-refractivity contribution >= 4 is 5.97 Å². The van der Waals surface area contributed by atoms with Crippen molar-refractivity contribution in [2.75, 3.05) is 6.61 Å². The minimum atomic E-state index is -1.01. The molecule has 7 nitrogen and oxygen atoms in total. The Balaban J connectivity index is 2.01. The van der Waals surface area contributed by atoms with Crippen molar-refractivity contribution in [3.05, 3.63) is 36.0 Å².